The van der Waals surface area contributed by atoms with Crippen molar-refractivity contribution in [3.63, 3.8) is 0 Å². The summed E-state index contributed by atoms with van der Waals surface area (Å²) in [6, 6.07) is 8.30. The molecule has 1 aromatic carbocycles. The molecule has 1 heterocycles. The predicted molar refractivity (Wildman–Crippen MR) is 84.3 cm³/mol. The first-order valence-electron chi connectivity index (χ1n) is 7.73. The lowest BCUT2D eigenvalue weighted by atomic mass is 10.1. The molecular formula is C17H26N2O2. The fraction of sp³-hybridized carbons (Fsp3) is 0.588. The van der Waals surface area contributed by atoms with Crippen molar-refractivity contribution >= 4 is 5.91 Å². The lowest BCUT2D eigenvalue weighted by Gasteiger charge is -2.34. The van der Waals surface area contributed by atoms with Gasteiger partial charge in [0.05, 0.1) is 18.8 Å². The van der Waals surface area contributed by atoms with Crippen LogP contribution >= 0.6 is 0 Å². The summed E-state index contributed by atoms with van der Waals surface area (Å²) in [5, 5.41) is 3.01. The number of morpholine rings is 1. The van der Waals surface area contributed by atoms with Crippen molar-refractivity contribution in [3.05, 3.63) is 35.4 Å². The molecule has 0 saturated carbocycles. The Morgan fingerprint density at radius 2 is 1.95 bits per heavy atom. The summed E-state index contributed by atoms with van der Waals surface area (Å²) >= 11 is 0. The second-order valence-electron chi connectivity index (χ2n) is 5.98. The summed E-state index contributed by atoms with van der Waals surface area (Å²) in [5.74, 6) is 0.102. The van der Waals surface area contributed by atoms with Crippen molar-refractivity contribution in [2.24, 2.45) is 0 Å². The van der Waals surface area contributed by atoms with E-state index >= 15 is 0 Å². The zero-order chi connectivity index (χ0) is 15.2. The molecule has 21 heavy (non-hydrogen) atoms. The molecule has 0 unspecified atom stereocenters. The van der Waals surface area contributed by atoms with E-state index in [1.54, 1.807) is 0 Å². The number of carbonyl (C=O) groups excluding carboxylic acids is 1. The zero-order valence-corrected chi connectivity index (χ0v) is 13.3. The van der Waals surface area contributed by atoms with Crippen LogP contribution in [0.1, 0.15) is 25.0 Å². The van der Waals surface area contributed by atoms with E-state index in [1.807, 2.05) is 12.1 Å². The summed E-state index contributed by atoms with van der Waals surface area (Å²) in [6.45, 7) is 9.03. The standard InChI is InChI=1S/C17H26N2O2/c1-13-6-4-5-7-16(13)8-9-18-17(20)12-19-10-14(2)21-15(3)11-19/h4-7,14-15H,8-12H2,1-3H3,(H,18,20)/t14-,15-/m1/s1. The summed E-state index contributed by atoms with van der Waals surface area (Å²) in [5.41, 5.74) is 2.58. The van der Waals surface area contributed by atoms with E-state index in [4.69, 9.17) is 4.74 Å². The molecule has 2 rings (SSSR count). The Labute approximate surface area is 127 Å². The van der Waals surface area contributed by atoms with Crippen molar-refractivity contribution in [2.75, 3.05) is 26.2 Å². The van der Waals surface area contributed by atoms with E-state index in [0.717, 1.165) is 19.5 Å². The molecular weight excluding hydrogens is 264 g/mol. The third-order valence-electron chi connectivity index (χ3n) is 3.84. The van der Waals surface area contributed by atoms with E-state index in [0.29, 0.717) is 13.1 Å². The molecule has 4 nitrogen and oxygen atoms in total. The Morgan fingerprint density at radius 1 is 1.29 bits per heavy atom. The molecule has 116 valence electrons. The van der Waals surface area contributed by atoms with Crippen LogP contribution in [-0.4, -0.2) is 49.2 Å². The summed E-state index contributed by atoms with van der Waals surface area (Å²) in [4.78, 5) is 14.2. The van der Waals surface area contributed by atoms with Crippen LogP contribution in [0.4, 0.5) is 0 Å². The molecule has 4 heteroatoms. The maximum Gasteiger partial charge on any atom is 0.234 e. The molecule has 1 aromatic rings. The number of benzene rings is 1. The average molecular weight is 290 g/mol. The number of aryl methyl sites for hydroxylation is 1. The fourth-order valence-corrected chi connectivity index (χ4v) is 2.90. The first-order chi connectivity index (χ1) is 10.0. The number of hydrogen-bond donors (Lipinski definition) is 1. The van der Waals surface area contributed by atoms with Crippen molar-refractivity contribution in [1.82, 2.24) is 10.2 Å². The molecule has 0 radical (unpaired) electrons. The van der Waals surface area contributed by atoms with E-state index < -0.39 is 0 Å². The van der Waals surface area contributed by atoms with Crippen molar-refractivity contribution in [2.45, 2.75) is 39.4 Å². The number of nitrogens with one attached hydrogen (secondary N) is 1. The second-order valence-corrected chi connectivity index (χ2v) is 5.98. The minimum atomic E-state index is 0.102. The largest absolute Gasteiger partial charge is 0.373 e. The maximum atomic E-state index is 12.0. The molecule has 1 aliphatic rings. The Kier molecular flexibility index (Phi) is 5.76. The molecule has 2 atom stereocenters. The predicted octanol–water partition coefficient (Wildman–Crippen LogP) is 1.76. The van der Waals surface area contributed by atoms with Gasteiger partial charge in [-0.25, -0.2) is 0 Å². The lowest BCUT2D eigenvalue weighted by Crippen LogP contribution is -2.49. The first-order valence-corrected chi connectivity index (χ1v) is 7.73. The van der Waals surface area contributed by atoms with E-state index in [-0.39, 0.29) is 18.1 Å². The molecule has 1 saturated heterocycles. The lowest BCUT2D eigenvalue weighted by molar-refractivity contribution is -0.125. The minimum absolute atomic E-state index is 0.102. The van der Waals surface area contributed by atoms with Gasteiger partial charge in [-0.05, 0) is 38.3 Å². The number of ether oxygens (including phenoxy) is 1. The monoisotopic (exact) mass is 290 g/mol. The summed E-state index contributed by atoms with van der Waals surface area (Å²) in [7, 11) is 0. The number of nitrogens with zero attached hydrogens (tertiary/aromatic N) is 1. The van der Waals surface area contributed by atoms with Gasteiger partial charge in [0.15, 0.2) is 0 Å². The van der Waals surface area contributed by atoms with Crippen LogP contribution in [0.15, 0.2) is 24.3 Å². The van der Waals surface area contributed by atoms with Crippen LogP contribution in [0, 0.1) is 6.92 Å². The fourth-order valence-electron chi connectivity index (χ4n) is 2.90. The van der Waals surface area contributed by atoms with Gasteiger partial charge in [-0.15, -0.1) is 0 Å². The van der Waals surface area contributed by atoms with E-state index in [1.165, 1.54) is 11.1 Å². The van der Waals surface area contributed by atoms with Gasteiger partial charge in [-0.3, -0.25) is 9.69 Å². The topological polar surface area (TPSA) is 41.6 Å². The van der Waals surface area contributed by atoms with Crippen molar-refractivity contribution < 1.29 is 9.53 Å². The summed E-state index contributed by atoms with van der Waals surface area (Å²) in [6.07, 6.45) is 1.29. The van der Waals surface area contributed by atoms with E-state index in [9.17, 15) is 4.79 Å². The second kappa shape index (κ2) is 7.57. The maximum absolute atomic E-state index is 12.0. The van der Waals surface area contributed by atoms with Gasteiger partial charge >= 0.3 is 0 Å². The third-order valence-corrected chi connectivity index (χ3v) is 3.84. The quantitative estimate of drug-likeness (QED) is 0.898. The Morgan fingerprint density at radius 3 is 2.62 bits per heavy atom. The number of carbonyl (C=O) groups is 1. The van der Waals surface area contributed by atoms with Crippen molar-refractivity contribution in [1.29, 1.82) is 0 Å². The van der Waals surface area contributed by atoms with Gasteiger partial charge < -0.3 is 10.1 Å². The molecule has 0 aromatic heterocycles. The molecule has 1 amide bonds. The Bertz CT molecular complexity index is 466. The van der Waals surface area contributed by atoms with Crippen LogP contribution < -0.4 is 5.32 Å². The zero-order valence-electron chi connectivity index (χ0n) is 13.3. The minimum Gasteiger partial charge on any atom is -0.373 e. The van der Waals surface area contributed by atoms with Gasteiger partial charge in [-0.1, -0.05) is 24.3 Å². The SMILES string of the molecule is Cc1ccccc1CCNC(=O)CN1C[C@@H](C)O[C@H](C)C1. The molecule has 0 bridgehead atoms. The molecule has 1 aliphatic heterocycles. The first kappa shape index (κ1) is 16.0. The highest BCUT2D eigenvalue weighted by Gasteiger charge is 2.23. The number of hydrogen-bond acceptors (Lipinski definition) is 3. The van der Waals surface area contributed by atoms with Crippen LogP contribution in [0.5, 0.6) is 0 Å². The molecule has 1 fully saturated rings. The highest BCUT2D eigenvalue weighted by atomic mass is 16.5. The summed E-state index contributed by atoms with van der Waals surface area (Å²) < 4.78 is 5.68. The average Bonchev–Trinajstić information content (AvgIpc) is 2.39. The highest BCUT2D eigenvalue weighted by Crippen LogP contribution is 2.10. The smallest absolute Gasteiger partial charge is 0.234 e. The number of rotatable bonds is 5. The van der Waals surface area contributed by atoms with Gasteiger partial charge in [0, 0.05) is 19.6 Å². The van der Waals surface area contributed by atoms with Crippen LogP contribution in [-0.2, 0) is 16.0 Å². The Balaban J connectivity index is 1.71. The molecule has 0 aliphatic carbocycles. The van der Waals surface area contributed by atoms with Crippen molar-refractivity contribution in [3.8, 4) is 0 Å². The number of amides is 1. The molecule has 0 spiro atoms. The van der Waals surface area contributed by atoms with Gasteiger partial charge in [0.1, 0.15) is 0 Å². The Hall–Kier alpha value is -1.39. The highest BCUT2D eigenvalue weighted by molar-refractivity contribution is 5.78. The van der Waals surface area contributed by atoms with Crippen LogP contribution in [0.2, 0.25) is 0 Å². The molecule has 1 N–H and O–H groups in total. The van der Waals surface area contributed by atoms with Gasteiger partial charge in [0.25, 0.3) is 0 Å². The third kappa shape index (κ3) is 5.14. The van der Waals surface area contributed by atoms with Crippen LogP contribution in [0.25, 0.3) is 0 Å². The van der Waals surface area contributed by atoms with E-state index in [2.05, 4.69) is 43.1 Å². The van der Waals surface area contributed by atoms with Crippen LogP contribution in [0.3, 0.4) is 0 Å². The van der Waals surface area contributed by atoms with Gasteiger partial charge in [0.2, 0.25) is 5.91 Å². The normalized spacial score (nSPS) is 23.0. The van der Waals surface area contributed by atoms with Gasteiger partial charge in [-0.2, -0.15) is 0 Å².